The van der Waals surface area contributed by atoms with Crippen molar-refractivity contribution in [1.29, 1.82) is 0 Å². The number of rotatable bonds is 5. The van der Waals surface area contributed by atoms with Gasteiger partial charge >= 0.3 is 0 Å². The maximum atomic E-state index is 12.1. The number of carbonyl (C=O) groups excluding carboxylic acids is 1. The van der Waals surface area contributed by atoms with Gasteiger partial charge in [0.25, 0.3) is 11.6 Å². The third-order valence-corrected chi connectivity index (χ3v) is 3.75. The SMILES string of the molecule is Cc1cc([N+](=O)[O-])ccc1NC(=O)COc1ccccc1C(C)(C)C. The van der Waals surface area contributed by atoms with Crippen LogP contribution in [0.25, 0.3) is 0 Å². The molecule has 2 aromatic rings. The lowest BCUT2D eigenvalue weighted by Crippen LogP contribution is -2.22. The Kier molecular flexibility index (Phi) is 5.41. The van der Waals surface area contributed by atoms with Gasteiger partial charge in [-0.3, -0.25) is 14.9 Å². The number of hydrogen-bond donors (Lipinski definition) is 1. The van der Waals surface area contributed by atoms with Crippen LogP contribution in [0.4, 0.5) is 11.4 Å². The van der Waals surface area contributed by atoms with Crippen LogP contribution in [0.3, 0.4) is 0 Å². The zero-order valence-corrected chi connectivity index (χ0v) is 14.8. The van der Waals surface area contributed by atoms with Gasteiger partial charge in [-0.15, -0.1) is 0 Å². The first kappa shape index (κ1) is 18.4. The second kappa shape index (κ2) is 7.34. The van der Waals surface area contributed by atoms with Gasteiger partial charge in [0.15, 0.2) is 6.61 Å². The lowest BCUT2D eigenvalue weighted by molar-refractivity contribution is -0.384. The summed E-state index contributed by atoms with van der Waals surface area (Å²) in [5.41, 5.74) is 2.07. The van der Waals surface area contributed by atoms with E-state index in [1.54, 1.807) is 6.92 Å². The number of nitrogens with zero attached hydrogens (tertiary/aromatic N) is 1. The zero-order valence-electron chi connectivity index (χ0n) is 14.8. The summed E-state index contributed by atoms with van der Waals surface area (Å²) < 4.78 is 5.68. The second-order valence-corrected chi connectivity index (χ2v) is 6.84. The predicted molar refractivity (Wildman–Crippen MR) is 97.1 cm³/mol. The van der Waals surface area contributed by atoms with Crippen molar-refractivity contribution in [2.45, 2.75) is 33.1 Å². The van der Waals surface area contributed by atoms with E-state index in [9.17, 15) is 14.9 Å². The standard InChI is InChI=1S/C19H22N2O4/c1-13-11-14(21(23)24)9-10-16(13)20-18(22)12-25-17-8-6-5-7-15(17)19(2,3)4/h5-11H,12H2,1-4H3,(H,20,22). The second-order valence-electron chi connectivity index (χ2n) is 6.84. The van der Waals surface area contributed by atoms with Crippen LogP contribution >= 0.6 is 0 Å². The summed E-state index contributed by atoms with van der Waals surface area (Å²) in [5.74, 6) is 0.353. The number of ether oxygens (including phenoxy) is 1. The summed E-state index contributed by atoms with van der Waals surface area (Å²) in [6.07, 6.45) is 0. The highest BCUT2D eigenvalue weighted by Crippen LogP contribution is 2.31. The van der Waals surface area contributed by atoms with Gasteiger partial charge in [-0.1, -0.05) is 39.0 Å². The van der Waals surface area contributed by atoms with Gasteiger partial charge in [0.05, 0.1) is 4.92 Å². The maximum absolute atomic E-state index is 12.1. The van der Waals surface area contributed by atoms with E-state index < -0.39 is 4.92 Å². The van der Waals surface area contributed by atoms with Crippen LogP contribution in [0.2, 0.25) is 0 Å². The number of para-hydroxylation sites is 1. The molecule has 0 spiro atoms. The lowest BCUT2D eigenvalue weighted by atomic mass is 9.86. The Labute approximate surface area is 147 Å². The molecule has 6 heteroatoms. The highest BCUT2D eigenvalue weighted by molar-refractivity contribution is 5.92. The van der Waals surface area contributed by atoms with Crippen molar-refractivity contribution in [2.75, 3.05) is 11.9 Å². The van der Waals surface area contributed by atoms with Gasteiger partial charge in [-0.25, -0.2) is 0 Å². The fourth-order valence-electron chi connectivity index (χ4n) is 2.44. The third kappa shape index (κ3) is 4.79. The zero-order chi connectivity index (χ0) is 18.6. The molecule has 0 aliphatic rings. The molecule has 0 aromatic heterocycles. The van der Waals surface area contributed by atoms with Crippen LogP contribution in [0.5, 0.6) is 5.75 Å². The van der Waals surface area contributed by atoms with Gasteiger partial charge in [-0.2, -0.15) is 0 Å². The summed E-state index contributed by atoms with van der Waals surface area (Å²) in [4.78, 5) is 22.4. The molecule has 0 bridgehead atoms. The lowest BCUT2D eigenvalue weighted by Gasteiger charge is -2.22. The third-order valence-electron chi connectivity index (χ3n) is 3.75. The van der Waals surface area contributed by atoms with Gasteiger partial charge in [-0.05, 0) is 35.6 Å². The number of carbonyl (C=O) groups is 1. The Morgan fingerprint density at radius 1 is 1.20 bits per heavy atom. The number of nitro benzene ring substituents is 1. The monoisotopic (exact) mass is 342 g/mol. The van der Waals surface area contributed by atoms with Crippen LogP contribution in [0, 0.1) is 17.0 Å². The molecule has 0 aliphatic carbocycles. The summed E-state index contributed by atoms with van der Waals surface area (Å²) in [5, 5.41) is 13.5. The molecule has 6 nitrogen and oxygen atoms in total. The van der Waals surface area contributed by atoms with E-state index in [2.05, 4.69) is 26.1 Å². The van der Waals surface area contributed by atoms with Gasteiger partial charge in [0.1, 0.15) is 5.75 Å². The minimum absolute atomic E-state index is 0.00847. The quantitative estimate of drug-likeness (QED) is 0.651. The summed E-state index contributed by atoms with van der Waals surface area (Å²) >= 11 is 0. The molecule has 0 aliphatic heterocycles. The Morgan fingerprint density at radius 3 is 2.48 bits per heavy atom. The van der Waals surface area contributed by atoms with E-state index in [-0.39, 0.29) is 23.6 Å². The van der Waals surface area contributed by atoms with Crippen LogP contribution in [0.15, 0.2) is 42.5 Å². The number of nitro groups is 1. The molecule has 0 saturated heterocycles. The number of amides is 1. The highest BCUT2D eigenvalue weighted by atomic mass is 16.6. The minimum atomic E-state index is -0.467. The molecule has 1 N–H and O–H groups in total. The number of aryl methyl sites for hydroxylation is 1. The number of non-ortho nitro benzene ring substituents is 1. The molecule has 0 atom stereocenters. The normalized spacial score (nSPS) is 11.0. The van der Waals surface area contributed by atoms with Crippen molar-refractivity contribution in [3.8, 4) is 5.75 Å². The van der Waals surface area contributed by atoms with Crippen molar-refractivity contribution in [1.82, 2.24) is 0 Å². The molecule has 2 aromatic carbocycles. The fourth-order valence-corrected chi connectivity index (χ4v) is 2.44. The molecule has 1 amide bonds. The fraction of sp³-hybridized carbons (Fsp3) is 0.316. The molecule has 0 fully saturated rings. The summed E-state index contributed by atoms with van der Waals surface area (Å²) in [6, 6.07) is 11.9. The number of nitrogens with one attached hydrogen (secondary N) is 1. The molecular weight excluding hydrogens is 320 g/mol. The van der Waals surface area contributed by atoms with Crippen LogP contribution < -0.4 is 10.1 Å². The first-order chi connectivity index (χ1) is 11.7. The molecule has 0 saturated carbocycles. The smallest absolute Gasteiger partial charge is 0.269 e. The summed E-state index contributed by atoms with van der Waals surface area (Å²) in [7, 11) is 0. The first-order valence-corrected chi connectivity index (χ1v) is 7.95. The number of anilines is 1. The largest absolute Gasteiger partial charge is 0.483 e. The topological polar surface area (TPSA) is 81.5 Å². The molecule has 0 unspecified atom stereocenters. The molecular formula is C19H22N2O4. The summed E-state index contributed by atoms with van der Waals surface area (Å²) in [6.45, 7) is 7.81. The van der Waals surface area contributed by atoms with Gasteiger partial charge < -0.3 is 10.1 Å². The Hall–Kier alpha value is -2.89. The molecule has 132 valence electrons. The van der Waals surface area contributed by atoms with Gasteiger partial charge in [0.2, 0.25) is 0 Å². The van der Waals surface area contributed by atoms with Crippen LogP contribution in [-0.2, 0) is 10.2 Å². The van der Waals surface area contributed by atoms with Crippen molar-refractivity contribution in [3.63, 3.8) is 0 Å². The number of benzene rings is 2. The van der Waals surface area contributed by atoms with Crippen molar-refractivity contribution < 1.29 is 14.5 Å². The average Bonchev–Trinajstić information content (AvgIpc) is 2.54. The van der Waals surface area contributed by atoms with Crippen molar-refractivity contribution >= 4 is 17.3 Å². The molecule has 0 heterocycles. The average molecular weight is 342 g/mol. The van der Waals surface area contributed by atoms with Crippen LogP contribution in [0.1, 0.15) is 31.9 Å². The molecule has 2 rings (SSSR count). The minimum Gasteiger partial charge on any atom is -0.483 e. The predicted octanol–water partition coefficient (Wildman–Crippen LogP) is 4.22. The van der Waals surface area contributed by atoms with E-state index in [4.69, 9.17) is 4.74 Å². The Balaban J connectivity index is 2.04. The van der Waals surface area contributed by atoms with Crippen molar-refractivity contribution in [2.24, 2.45) is 0 Å². The van der Waals surface area contributed by atoms with E-state index in [0.717, 1.165) is 5.56 Å². The Morgan fingerprint density at radius 2 is 1.88 bits per heavy atom. The Bertz CT molecular complexity index is 794. The number of hydrogen-bond acceptors (Lipinski definition) is 4. The van der Waals surface area contributed by atoms with E-state index in [1.165, 1.54) is 18.2 Å². The highest BCUT2D eigenvalue weighted by Gasteiger charge is 2.19. The van der Waals surface area contributed by atoms with E-state index in [0.29, 0.717) is 17.0 Å². The van der Waals surface area contributed by atoms with Gasteiger partial charge in [0, 0.05) is 17.8 Å². The molecule has 0 radical (unpaired) electrons. The van der Waals surface area contributed by atoms with Crippen molar-refractivity contribution in [3.05, 3.63) is 63.7 Å². The van der Waals surface area contributed by atoms with E-state index in [1.807, 2.05) is 24.3 Å². The maximum Gasteiger partial charge on any atom is 0.269 e. The molecule has 25 heavy (non-hydrogen) atoms. The first-order valence-electron chi connectivity index (χ1n) is 7.95. The van der Waals surface area contributed by atoms with Crippen LogP contribution in [-0.4, -0.2) is 17.4 Å². The van der Waals surface area contributed by atoms with E-state index >= 15 is 0 Å².